The normalized spacial score (nSPS) is 10.8. The molecule has 9 rings (SSSR count). The summed E-state index contributed by atoms with van der Waals surface area (Å²) in [6.07, 6.45) is 0. The number of benzene rings is 9. The van der Waals surface area contributed by atoms with Gasteiger partial charge in [0.15, 0.2) is 0 Å². The quantitative estimate of drug-likeness (QED) is 0.115. The Kier molecular flexibility index (Phi) is 11.9. The van der Waals surface area contributed by atoms with Crippen LogP contribution in [0, 0.1) is 0 Å². The van der Waals surface area contributed by atoms with E-state index in [1.807, 2.05) is 78.9 Å². The van der Waals surface area contributed by atoms with Crippen molar-refractivity contribution in [1.82, 2.24) is 0 Å². The van der Waals surface area contributed by atoms with E-state index in [2.05, 4.69) is 204 Å². The maximum atomic E-state index is 6.92. The van der Waals surface area contributed by atoms with Crippen LogP contribution in [0.2, 0.25) is 0 Å². The molecular weight excluding hydrogens is 882 g/mol. The second-order valence-corrected chi connectivity index (χ2v) is 15.8. The molecule has 5 nitrogen and oxygen atoms in total. The van der Waals surface area contributed by atoms with Crippen LogP contribution >= 0.6 is 31.9 Å². The zero-order valence-corrected chi connectivity index (χ0v) is 36.1. The summed E-state index contributed by atoms with van der Waals surface area (Å²) >= 11 is 7.63. The summed E-state index contributed by atoms with van der Waals surface area (Å²) in [4.78, 5) is 6.64. The largest absolute Gasteiger partial charge is 0.456 e. The third kappa shape index (κ3) is 9.09. The summed E-state index contributed by atoms with van der Waals surface area (Å²) < 4.78 is 15.5. The Hall–Kier alpha value is -7.06. The van der Waals surface area contributed by atoms with Crippen molar-refractivity contribution in [2.75, 3.05) is 14.7 Å². The van der Waals surface area contributed by atoms with E-state index in [0.29, 0.717) is 23.0 Å². The fraction of sp³-hybridized carbons (Fsp3) is 0. The fourth-order valence-corrected chi connectivity index (χ4v) is 7.94. The number of halogens is 2. The van der Waals surface area contributed by atoms with Gasteiger partial charge >= 0.3 is 0 Å². The van der Waals surface area contributed by atoms with Gasteiger partial charge in [0.05, 0.1) is 14.6 Å². The molecule has 0 saturated heterocycles. The van der Waals surface area contributed by atoms with Gasteiger partial charge in [-0.25, -0.2) is 0 Å². The average molecular weight is 922 g/mol. The molecule has 0 amide bonds. The molecule has 0 radical (unpaired) electrons. The van der Waals surface area contributed by atoms with Gasteiger partial charge in [0.2, 0.25) is 0 Å². The number of hydrogen-bond acceptors (Lipinski definition) is 5. The Labute approximate surface area is 373 Å². The van der Waals surface area contributed by atoms with E-state index in [1.165, 1.54) is 0 Å². The molecule has 0 heterocycles. The Morgan fingerprint density at radius 2 is 0.508 bits per heavy atom. The summed E-state index contributed by atoms with van der Waals surface area (Å²) in [5.74, 6) is 2.48. The van der Waals surface area contributed by atoms with Gasteiger partial charge in [-0.2, -0.15) is 0 Å². The highest BCUT2D eigenvalue weighted by molar-refractivity contribution is 9.11. The van der Waals surface area contributed by atoms with Crippen LogP contribution in [0.5, 0.6) is 23.0 Å². The molecule has 0 spiro atoms. The van der Waals surface area contributed by atoms with E-state index in [1.54, 1.807) is 0 Å². The third-order valence-corrected chi connectivity index (χ3v) is 11.3. The van der Waals surface area contributed by atoms with Crippen molar-refractivity contribution in [2.24, 2.45) is 0 Å². The van der Waals surface area contributed by atoms with E-state index in [0.717, 1.165) is 60.1 Å². The number of nitrogens with zero attached hydrogens (tertiary/aromatic N) is 3. The van der Waals surface area contributed by atoms with Gasteiger partial charge in [-0.1, -0.05) is 109 Å². The molecule has 61 heavy (non-hydrogen) atoms. The number of anilines is 9. The SMILES string of the molecule is Brc1ccc(N(c2ccccc2)c2ccccc2)cc1Oc1cc(Oc2cc(N(c3ccccc3)c3ccccc3)ccc2Br)cc(N(c2ccccc2)c2ccccc2)c1. The number of ether oxygens (including phenoxy) is 2. The van der Waals surface area contributed by atoms with Gasteiger partial charge in [0.1, 0.15) is 23.0 Å². The molecule has 9 aromatic rings. The van der Waals surface area contributed by atoms with Crippen LogP contribution in [0.3, 0.4) is 0 Å². The molecule has 0 unspecified atom stereocenters. The first kappa shape index (κ1) is 39.4. The number of rotatable bonds is 13. The average Bonchev–Trinajstić information content (AvgIpc) is 3.31. The van der Waals surface area contributed by atoms with Crippen LogP contribution in [0.1, 0.15) is 0 Å². The highest BCUT2D eigenvalue weighted by atomic mass is 79.9. The lowest BCUT2D eigenvalue weighted by Gasteiger charge is -2.27. The van der Waals surface area contributed by atoms with Crippen molar-refractivity contribution in [2.45, 2.75) is 0 Å². The molecule has 0 aliphatic heterocycles. The minimum Gasteiger partial charge on any atom is -0.456 e. The van der Waals surface area contributed by atoms with Gasteiger partial charge in [0, 0.05) is 75.8 Å². The standard InChI is InChI=1S/C54H39Br2N3O2/c55-51-33-31-46(57(40-19-7-1-8-20-40)41-21-9-2-10-22-41)37-53(51)60-49-35-48(59(44-27-15-5-16-28-44)45-29-17-6-18-30-45)36-50(39-49)61-54-38-47(32-34-52(54)56)58(42-23-11-3-12-24-42)43-25-13-4-14-26-43/h1-39H. The number of para-hydroxylation sites is 6. The van der Waals surface area contributed by atoms with Crippen molar-refractivity contribution in [1.29, 1.82) is 0 Å². The first-order valence-corrected chi connectivity index (χ1v) is 21.5. The maximum Gasteiger partial charge on any atom is 0.143 e. The first-order chi connectivity index (χ1) is 30.1. The minimum atomic E-state index is 0.593. The van der Waals surface area contributed by atoms with Gasteiger partial charge in [-0.15, -0.1) is 0 Å². The van der Waals surface area contributed by atoms with E-state index >= 15 is 0 Å². The molecule has 0 atom stereocenters. The molecule has 0 aliphatic carbocycles. The maximum absolute atomic E-state index is 6.92. The molecule has 0 aliphatic rings. The summed E-state index contributed by atoms with van der Waals surface area (Å²) in [5, 5.41) is 0. The van der Waals surface area contributed by atoms with E-state index in [-0.39, 0.29) is 0 Å². The summed E-state index contributed by atoms with van der Waals surface area (Å²) in [5.41, 5.74) is 8.87. The Bertz CT molecular complexity index is 2560. The molecular formula is C54H39Br2N3O2. The van der Waals surface area contributed by atoms with Crippen LogP contribution in [0.4, 0.5) is 51.2 Å². The van der Waals surface area contributed by atoms with Crippen molar-refractivity contribution in [3.63, 3.8) is 0 Å². The topological polar surface area (TPSA) is 28.2 Å². The van der Waals surface area contributed by atoms with Crippen molar-refractivity contribution in [3.8, 4) is 23.0 Å². The van der Waals surface area contributed by atoms with Crippen LogP contribution < -0.4 is 24.2 Å². The molecule has 0 aromatic heterocycles. The summed E-state index contributed by atoms with van der Waals surface area (Å²) in [6, 6.07) is 80.4. The highest BCUT2D eigenvalue weighted by Gasteiger charge is 2.20. The molecule has 296 valence electrons. The van der Waals surface area contributed by atoms with Crippen LogP contribution in [0.15, 0.2) is 246 Å². The van der Waals surface area contributed by atoms with Crippen molar-refractivity contribution in [3.05, 3.63) is 246 Å². The molecule has 0 fully saturated rings. The Morgan fingerprint density at radius 3 is 0.787 bits per heavy atom. The highest BCUT2D eigenvalue weighted by Crippen LogP contribution is 2.45. The van der Waals surface area contributed by atoms with Crippen LogP contribution in [0.25, 0.3) is 0 Å². The second-order valence-electron chi connectivity index (χ2n) is 14.1. The predicted octanol–water partition coefficient (Wildman–Crippen LogP) is 17.2. The van der Waals surface area contributed by atoms with E-state index in [4.69, 9.17) is 9.47 Å². The zero-order valence-electron chi connectivity index (χ0n) is 32.9. The van der Waals surface area contributed by atoms with Crippen LogP contribution in [-0.2, 0) is 0 Å². The molecule has 7 heteroatoms. The van der Waals surface area contributed by atoms with Gasteiger partial charge in [-0.05, 0) is 129 Å². The zero-order chi connectivity index (χ0) is 41.4. The monoisotopic (exact) mass is 919 g/mol. The Balaban J connectivity index is 1.15. The fourth-order valence-electron chi connectivity index (χ4n) is 7.28. The minimum absolute atomic E-state index is 0.593. The molecule has 0 bridgehead atoms. The summed E-state index contributed by atoms with van der Waals surface area (Å²) in [6.45, 7) is 0. The van der Waals surface area contributed by atoms with E-state index < -0.39 is 0 Å². The smallest absolute Gasteiger partial charge is 0.143 e. The van der Waals surface area contributed by atoms with Gasteiger partial charge < -0.3 is 24.2 Å². The van der Waals surface area contributed by atoms with Gasteiger partial charge in [-0.3, -0.25) is 0 Å². The van der Waals surface area contributed by atoms with Gasteiger partial charge in [0.25, 0.3) is 0 Å². The summed E-state index contributed by atoms with van der Waals surface area (Å²) in [7, 11) is 0. The molecule has 0 saturated carbocycles. The molecule has 9 aromatic carbocycles. The lowest BCUT2D eigenvalue weighted by molar-refractivity contribution is 0.458. The van der Waals surface area contributed by atoms with Crippen LogP contribution in [-0.4, -0.2) is 0 Å². The number of hydrogen-bond donors (Lipinski definition) is 0. The van der Waals surface area contributed by atoms with E-state index in [9.17, 15) is 0 Å². The first-order valence-electron chi connectivity index (χ1n) is 19.9. The predicted molar refractivity (Wildman–Crippen MR) is 259 cm³/mol. The lowest BCUT2D eigenvalue weighted by atomic mass is 10.1. The molecule has 0 N–H and O–H groups in total. The van der Waals surface area contributed by atoms with Crippen molar-refractivity contribution < 1.29 is 9.47 Å². The lowest BCUT2D eigenvalue weighted by Crippen LogP contribution is -2.10. The Morgan fingerprint density at radius 1 is 0.246 bits per heavy atom. The van der Waals surface area contributed by atoms with Crippen molar-refractivity contribution >= 4 is 83.0 Å². The second kappa shape index (κ2) is 18.5. The third-order valence-electron chi connectivity index (χ3n) is 10.0.